The summed E-state index contributed by atoms with van der Waals surface area (Å²) in [5.41, 5.74) is 2.19. The Morgan fingerprint density at radius 1 is 1.35 bits per heavy atom. The SMILES string of the molecule is CC(C)(C)NC(=O)Oc1ccc2c(c1)CCNC2(C)C. The molecule has 0 radical (unpaired) electrons. The molecule has 1 aliphatic rings. The summed E-state index contributed by atoms with van der Waals surface area (Å²) < 4.78 is 5.35. The lowest BCUT2D eigenvalue weighted by Crippen LogP contribution is -2.43. The first-order valence-electron chi connectivity index (χ1n) is 7.06. The van der Waals surface area contributed by atoms with Gasteiger partial charge in [0, 0.05) is 11.1 Å². The number of hydrogen-bond acceptors (Lipinski definition) is 3. The molecule has 4 heteroatoms. The van der Waals surface area contributed by atoms with E-state index in [0.717, 1.165) is 13.0 Å². The molecule has 0 atom stereocenters. The van der Waals surface area contributed by atoms with E-state index in [2.05, 4.69) is 24.5 Å². The van der Waals surface area contributed by atoms with Crippen molar-refractivity contribution in [2.24, 2.45) is 0 Å². The van der Waals surface area contributed by atoms with Gasteiger partial charge in [0.1, 0.15) is 5.75 Å². The van der Waals surface area contributed by atoms with Crippen molar-refractivity contribution >= 4 is 6.09 Å². The normalized spacial score (nSPS) is 17.2. The highest BCUT2D eigenvalue weighted by Crippen LogP contribution is 2.30. The topological polar surface area (TPSA) is 50.4 Å². The lowest BCUT2D eigenvalue weighted by atomic mass is 9.85. The monoisotopic (exact) mass is 276 g/mol. The molecular formula is C16H24N2O2. The van der Waals surface area contributed by atoms with Gasteiger partial charge in [0.25, 0.3) is 0 Å². The number of fused-ring (bicyclic) bond motifs is 1. The molecule has 1 heterocycles. The molecule has 0 spiro atoms. The minimum Gasteiger partial charge on any atom is -0.410 e. The van der Waals surface area contributed by atoms with Crippen LogP contribution in [0.15, 0.2) is 18.2 Å². The van der Waals surface area contributed by atoms with Crippen molar-refractivity contribution in [3.8, 4) is 5.75 Å². The van der Waals surface area contributed by atoms with Crippen LogP contribution in [0, 0.1) is 0 Å². The van der Waals surface area contributed by atoms with Crippen molar-refractivity contribution in [2.75, 3.05) is 6.54 Å². The fourth-order valence-corrected chi connectivity index (χ4v) is 2.49. The molecule has 0 fully saturated rings. The number of ether oxygens (including phenoxy) is 1. The van der Waals surface area contributed by atoms with Gasteiger partial charge >= 0.3 is 6.09 Å². The van der Waals surface area contributed by atoms with Crippen LogP contribution in [-0.4, -0.2) is 18.2 Å². The van der Waals surface area contributed by atoms with E-state index < -0.39 is 6.09 Å². The van der Waals surface area contributed by atoms with E-state index in [1.165, 1.54) is 11.1 Å². The Morgan fingerprint density at radius 3 is 2.70 bits per heavy atom. The predicted molar refractivity (Wildman–Crippen MR) is 80.1 cm³/mol. The summed E-state index contributed by atoms with van der Waals surface area (Å²) in [7, 11) is 0. The Labute approximate surface area is 120 Å². The van der Waals surface area contributed by atoms with E-state index in [0.29, 0.717) is 5.75 Å². The van der Waals surface area contributed by atoms with Crippen LogP contribution in [0.1, 0.15) is 45.7 Å². The molecule has 1 amide bonds. The molecule has 20 heavy (non-hydrogen) atoms. The molecule has 0 saturated heterocycles. The molecule has 0 aromatic heterocycles. The quantitative estimate of drug-likeness (QED) is 0.829. The van der Waals surface area contributed by atoms with E-state index in [1.54, 1.807) is 0 Å². The van der Waals surface area contributed by atoms with Crippen LogP contribution in [0.25, 0.3) is 0 Å². The van der Waals surface area contributed by atoms with Crippen molar-refractivity contribution in [3.05, 3.63) is 29.3 Å². The van der Waals surface area contributed by atoms with Crippen molar-refractivity contribution in [2.45, 2.75) is 52.1 Å². The fourth-order valence-electron chi connectivity index (χ4n) is 2.49. The molecule has 110 valence electrons. The highest BCUT2D eigenvalue weighted by atomic mass is 16.6. The first-order valence-corrected chi connectivity index (χ1v) is 7.06. The average molecular weight is 276 g/mol. The van der Waals surface area contributed by atoms with Crippen LogP contribution in [0.2, 0.25) is 0 Å². The zero-order valence-electron chi connectivity index (χ0n) is 13.0. The van der Waals surface area contributed by atoms with Gasteiger partial charge in [-0.15, -0.1) is 0 Å². The molecule has 0 saturated carbocycles. The second-order valence-corrected chi connectivity index (χ2v) is 6.89. The van der Waals surface area contributed by atoms with Crippen molar-refractivity contribution in [3.63, 3.8) is 0 Å². The summed E-state index contributed by atoms with van der Waals surface area (Å²) in [5.74, 6) is 0.600. The summed E-state index contributed by atoms with van der Waals surface area (Å²) in [6.45, 7) is 11.0. The van der Waals surface area contributed by atoms with Crippen LogP contribution in [0.5, 0.6) is 5.75 Å². The third-order valence-electron chi connectivity index (χ3n) is 3.40. The fraction of sp³-hybridized carbons (Fsp3) is 0.562. The number of benzene rings is 1. The van der Waals surface area contributed by atoms with Gasteiger partial charge in [0.2, 0.25) is 0 Å². The minimum absolute atomic E-state index is 0.0280. The van der Waals surface area contributed by atoms with E-state index >= 15 is 0 Å². The summed E-state index contributed by atoms with van der Waals surface area (Å²) >= 11 is 0. The summed E-state index contributed by atoms with van der Waals surface area (Å²) in [4.78, 5) is 11.8. The third-order valence-corrected chi connectivity index (χ3v) is 3.40. The van der Waals surface area contributed by atoms with Crippen molar-refractivity contribution in [1.82, 2.24) is 10.6 Å². The lowest BCUT2D eigenvalue weighted by molar-refractivity contribution is 0.190. The van der Waals surface area contributed by atoms with Gasteiger partial charge in [-0.05, 0) is 70.8 Å². The zero-order chi connectivity index (χ0) is 15.0. The molecular weight excluding hydrogens is 252 g/mol. The highest BCUT2D eigenvalue weighted by molar-refractivity contribution is 5.71. The van der Waals surface area contributed by atoms with Gasteiger partial charge in [-0.1, -0.05) is 6.07 Å². The second kappa shape index (κ2) is 5.09. The second-order valence-electron chi connectivity index (χ2n) is 6.89. The number of carbonyl (C=O) groups excluding carboxylic acids is 1. The van der Waals surface area contributed by atoms with E-state index in [1.807, 2.05) is 39.0 Å². The Bertz CT molecular complexity index is 516. The number of hydrogen-bond donors (Lipinski definition) is 2. The van der Waals surface area contributed by atoms with Crippen molar-refractivity contribution < 1.29 is 9.53 Å². The van der Waals surface area contributed by atoms with Gasteiger partial charge in [0.15, 0.2) is 0 Å². The maximum absolute atomic E-state index is 11.8. The Kier molecular flexibility index (Phi) is 3.78. The average Bonchev–Trinajstić information content (AvgIpc) is 2.25. The van der Waals surface area contributed by atoms with Crippen LogP contribution in [-0.2, 0) is 12.0 Å². The van der Waals surface area contributed by atoms with Crippen LogP contribution in [0.3, 0.4) is 0 Å². The largest absolute Gasteiger partial charge is 0.413 e. The van der Waals surface area contributed by atoms with Gasteiger partial charge < -0.3 is 15.4 Å². The maximum Gasteiger partial charge on any atom is 0.413 e. The van der Waals surface area contributed by atoms with Gasteiger partial charge in [0.05, 0.1) is 0 Å². The maximum atomic E-state index is 11.8. The molecule has 1 aromatic carbocycles. The molecule has 2 N–H and O–H groups in total. The molecule has 0 bridgehead atoms. The van der Waals surface area contributed by atoms with Crippen molar-refractivity contribution in [1.29, 1.82) is 0 Å². The third kappa shape index (κ3) is 3.51. The predicted octanol–water partition coefficient (Wildman–Crippen LogP) is 2.95. The molecule has 1 aliphatic heterocycles. The van der Waals surface area contributed by atoms with Gasteiger partial charge in [-0.3, -0.25) is 0 Å². The molecule has 1 aromatic rings. The van der Waals surface area contributed by atoms with E-state index in [-0.39, 0.29) is 11.1 Å². The number of amides is 1. The van der Waals surface area contributed by atoms with Gasteiger partial charge in [-0.25, -0.2) is 4.79 Å². The van der Waals surface area contributed by atoms with Crippen LogP contribution in [0.4, 0.5) is 4.79 Å². The van der Waals surface area contributed by atoms with Gasteiger partial charge in [-0.2, -0.15) is 0 Å². The van der Waals surface area contributed by atoms with E-state index in [9.17, 15) is 4.79 Å². The first kappa shape index (κ1) is 14.9. The Hall–Kier alpha value is -1.55. The Morgan fingerprint density at radius 2 is 2.05 bits per heavy atom. The summed E-state index contributed by atoms with van der Waals surface area (Å²) in [6, 6.07) is 5.87. The molecule has 0 aliphatic carbocycles. The number of carbonyl (C=O) groups is 1. The highest BCUT2D eigenvalue weighted by Gasteiger charge is 2.27. The lowest BCUT2D eigenvalue weighted by Gasteiger charge is -2.34. The molecule has 4 nitrogen and oxygen atoms in total. The standard InChI is InChI=1S/C16H24N2O2/c1-15(2,3)18-14(19)20-12-6-7-13-11(10-12)8-9-17-16(13,4)5/h6-7,10,17H,8-9H2,1-5H3,(H,18,19). The number of rotatable bonds is 1. The van der Waals surface area contributed by atoms with Crippen LogP contribution < -0.4 is 15.4 Å². The number of nitrogens with one attached hydrogen (secondary N) is 2. The minimum atomic E-state index is -0.411. The Balaban J connectivity index is 2.14. The summed E-state index contributed by atoms with van der Waals surface area (Å²) in [6.07, 6.45) is 0.544. The summed E-state index contributed by atoms with van der Waals surface area (Å²) in [5, 5.41) is 6.28. The first-order chi connectivity index (χ1) is 9.17. The van der Waals surface area contributed by atoms with Crippen LogP contribution >= 0.6 is 0 Å². The molecule has 2 rings (SSSR count). The zero-order valence-corrected chi connectivity index (χ0v) is 13.0. The smallest absolute Gasteiger partial charge is 0.410 e. The molecule has 0 unspecified atom stereocenters. The van der Waals surface area contributed by atoms with E-state index in [4.69, 9.17) is 4.74 Å².